The van der Waals surface area contributed by atoms with Crippen LogP contribution in [0.3, 0.4) is 0 Å². The zero-order valence-electron chi connectivity index (χ0n) is 27.1. The molecule has 4 rings (SSSR count). The minimum atomic E-state index is -0.512. The van der Waals surface area contributed by atoms with Crippen LogP contribution in [-0.2, 0) is 9.59 Å². The number of esters is 2. The van der Waals surface area contributed by atoms with Crippen molar-refractivity contribution >= 4 is 36.2 Å². The van der Waals surface area contributed by atoms with E-state index < -0.39 is 11.9 Å². The highest BCUT2D eigenvalue weighted by atomic mass is 16.6. The second-order valence-corrected chi connectivity index (χ2v) is 10.2. The van der Waals surface area contributed by atoms with Crippen molar-refractivity contribution in [1.82, 2.24) is 10.9 Å². The number of carbonyl (C=O) groups excluding carboxylic acids is 4. The quantitative estimate of drug-likeness (QED) is 0.0670. The molecule has 0 aromatic heterocycles. The van der Waals surface area contributed by atoms with Crippen LogP contribution >= 0.6 is 0 Å². The van der Waals surface area contributed by atoms with Crippen molar-refractivity contribution in [2.45, 2.75) is 33.1 Å². The highest BCUT2D eigenvalue weighted by Gasteiger charge is 2.14. The Morgan fingerprint density at radius 3 is 1.37 bits per heavy atom. The summed E-state index contributed by atoms with van der Waals surface area (Å²) in [6.45, 7) is 4.31. The Bertz CT molecular complexity index is 1660. The van der Waals surface area contributed by atoms with Crippen molar-refractivity contribution < 1.29 is 38.1 Å². The van der Waals surface area contributed by atoms with Crippen LogP contribution in [0.5, 0.6) is 23.0 Å². The molecular formula is C37H36N4O8. The summed E-state index contributed by atoms with van der Waals surface area (Å²) in [5, 5.41) is 7.94. The third kappa shape index (κ3) is 11.5. The van der Waals surface area contributed by atoms with Crippen molar-refractivity contribution in [3.63, 3.8) is 0 Å². The van der Waals surface area contributed by atoms with Gasteiger partial charge in [-0.2, -0.15) is 10.2 Å². The molecule has 4 aromatic rings. The average Bonchev–Trinajstić information content (AvgIpc) is 3.11. The first-order valence-corrected chi connectivity index (χ1v) is 15.6. The Morgan fingerprint density at radius 2 is 0.980 bits per heavy atom. The topological polar surface area (TPSA) is 154 Å². The molecule has 0 bridgehead atoms. The van der Waals surface area contributed by atoms with E-state index >= 15 is 0 Å². The molecule has 2 N–H and O–H groups in total. The van der Waals surface area contributed by atoms with Gasteiger partial charge < -0.3 is 18.9 Å². The van der Waals surface area contributed by atoms with E-state index in [1.807, 2.05) is 13.8 Å². The van der Waals surface area contributed by atoms with Crippen LogP contribution in [-0.4, -0.2) is 49.4 Å². The van der Waals surface area contributed by atoms with Gasteiger partial charge in [-0.3, -0.25) is 9.59 Å². The number of carbonyl (C=O) groups is 4. The summed E-state index contributed by atoms with van der Waals surface area (Å²) >= 11 is 0. The maximum Gasteiger partial charge on any atom is 0.343 e. The number of nitrogens with zero attached hydrogens (tertiary/aromatic N) is 2. The molecule has 0 spiro atoms. The third-order valence-electron chi connectivity index (χ3n) is 6.57. The zero-order valence-corrected chi connectivity index (χ0v) is 27.1. The summed E-state index contributed by atoms with van der Waals surface area (Å²) < 4.78 is 22.2. The maximum atomic E-state index is 12.4. The highest BCUT2D eigenvalue weighted by Crippen LogP contribution is 2.30. The maximum absolute atomic E-state index is 12.4. The Kier molecular flexibility index (Phi) is 13.6. The average molecular weight is 665 g/mol. The van der Waals surface area contributed by atoms with Crippen LogP contribution in [0.1, 0.15) is 65.0 Å². The molecule has 0 aliphatic heterocycles. The standard InChI is InChI=1S/C37H36N4O8/c1-3-46-32-22-26(18-20-30(32)48-36(44)28-12-7-5-8-13-28)24-38-40-34(42)16-11-17-35(43)41-39-25-27-19-21-31(33(23-27)47-4-2)49-37(45)29-14-9-6-10-15-29/h5-10,12-15,18-25H,3-4,11,16-17H2,1-2H3,(H,40,42)(H,41,43)/b38-24-,39-25+. The van der Waals surface area contributed by atoms with Crippen molar-refractivity contribution in [2.24, 2.45) is 10.2 Å². The number of hydrazone groups is 2. The zero-order chi connectivity index (χ0) is 34.8. The lowest BCUT2D eigenvalue weighted by Crippen LogP contribution is -2.20. The molecule has 2 amide bonds. The van der Waals surface area contributed by atoms with Crippen LogP contribution in [0.4, 0.5) is 0 Å². The van der Waals surface area contributed by atoms with Crippen LogP contribution < -0.4 is 29.8 Å². The van der Waals surface area contributed by atoms with E-state index in [4.69, 9.17) is 18.9 Å². The molecule has 0 aliphatic carbocycles. The number of nitrogens with one attached hydrogen (secondary N) is 2. The molecule has 12 heteroatoms. The van der Waals surface area contributed by atoms with Gasteiger partial charge in [0.05, 0.1) is 36.8 Å². The Hall–Kier alpha value is -6.30. The molecule has 0 saturated heterocycles. The SMILES string of the molecule is CCOc1cc(/C=N\NC(=O)CCCC(=O)N/N=C/c2ccc(OC(=O)c3ccccc3)c(OCC)c2)ccc1OC(=O)c1ccccc1. The molecule has 0 aliphatic rings. The molecule has 0 unspecified atom stereocenters. The first-order valence-electron chi connectivity index (χ1n) is 15.6. The van der Waals surface area contributed by atoms with Gasteiger partial charge in [0, 0.05) is 12.8 Å². The number of hydrogen-bond donors (Lipinski definition) is 2. The number of amides is 2. The van der Waals surface area contributed by atoms with Gasteiger partial charge in [0.1, 0.15) is 0 Å². The highest BCUT2D eigenvalue weighted by molar-refractivity contribution is 5.92. The van der Waals surface area contributed by atoms with Gasteiger partial charge in [-0.15, -0.1) is 0 Å². The lowest BCUT2D eigenvalue weighted by Gasteiger charge is -2.11. The van der Waals surface area contributed by atoms with E-state index in [0.29, 0.717) is 47.0 Å². The van der Waals surface area contributed by atoms with E-state index in [-0.39, 0.29) is 42.6 Å². The first kappa shape index (κ1) is 35.6. The van der Waals surface area contributed by atoms with Crippen LogP contribution in [0.15, 0.2) is 107 Å². The third-order valence-corrected chi connectivity index (χ3v) is 6.57. The van der Waals surface area contributed by atoms with Gasteiger partial charge in [0.15, 0.2) is 23.0 Å². The summed E-state index contributed by atoms with van der Waals surface area (Å²) in [6, 6.07) is 27.0. The molecule has 0 atom stereocenters. The van der Waals surface area contributed by atoms with Crippen molar-refractivity contribution in [3.8, 4) is 23.0 Å². The largest absolute Gasteiger partial charge is 0.490 e. The predicted molar refractivity (Wildman–Crippen MR) is 183 cm³/mol. The van der Waals surface area contributed by atoms with Gasteiger partial charge in [0.25, 0.3) is 0 Å². The molecule has 0 radical (unpaired) electrons. The van der Waals surface area contributed by atoms with Gasteiger partial charge in [-0.25, -0.2) is 20.4 Å². The number of ether oxygens (including phenoxy) is 4. The molecule has 0 saturated carbocycles. The molecule has 4 aromatic carbocycles. The molecular weight excluding hydrogens is 628 g/mol. The molecule has 252 valence electrons. The van der Waals surface area contributed by atoms with E-state index in [9.17, 15) is 19.2 Å². The second-order valence-electron chi connectivity index (χ2n) is 10.2. The number of benzene rings is 4. The molecule has 0 fully saturated rings. The molecule has 12 nitrogen and oxygen atoms in total. The van der Waals surface area contributed by atoms with E-state index in [1.54, 1.807) is 97.1 Å². The molecule has 49 heavy (non-hydrogen) atoms. The summed E-state index contributed by atoms with van der Waals surface area (Å²) in [7, 11) is 0. The normalized spacial score (nSPS) is 10.8. The van der Waals surface area contributed by atoms with Crippen molar-refractivity contribution in [3.05, 3.63) is 119 Å². The second kappa shape index (κ2) is 18.7. The first-order chi connectivity index (χ1) is 23.9. The summed E-state index contributed by atoms with van der Waals surface area (Å²) in [5.41, 5.74) is 6.90. The van der Waals surface area contributed by atoms with Gasteiger partial charge in [0.2, 0.25) is 11.8 Å². The number of rotatable bonds is 16. The lowest BCUT2D eigenvalue weighted by molar-refractivity contribution is -0.122. The van der Waals surface area contributed by atoms with Crippen molar-refractivity contribution in [2.75, 3.05) is 13.2 Å². The Labute approximate surface area is 283 Å². The van der Waals surface area contributed by atoms with Crippen LogP contribution in [0.25, 0.3) is 0 Å². The van der Waals surface area contributed by atoms with Gasteiger partial charge in [-0.05, 0) is 92.1 Å². The van der Waals surface area contributed by atoms with Crippen LogP contribution in [0, 0.1) is 0 Å². The fourth-order valence-electron chi connectivity index (χ4n) is 4.26. The van der Waals surface area contributed by atoms with Crippen molar-refractivity contribution in [1.29, 1.82) is 0 Å². The smallest absolute Gasteiger partial charge is 0.343 e. The van der Waals surface area contributed by atoms with Gasteiger partial charge in [-0.1, -0.05) is 36.4 Å². The van der Waals surface area contributed by atoms with Crippen LogP contribution in [0.2, 0.25) is 0 Å². The minimum absolute atomic E-state index is 0.0634. The summed E-state index contributed by atoms with van der Waals surface area (Å²) in [4.78, 5) is 49.4. The summed E-state index contributed by atoms with van der Waals surface area (Å²) in [6.07, 6.45) is 3.26. The van der Waals surface area contributed by atoms with E-state index in [2.05, 4.69) is 21.1 Å². The number of hydrogen-bond acceptors (Lipinski definition) is 10. The summed E-state index contributed by atoms with van der Waals surface area (Å²) in [5.74, 6) is -0.545. The van der Waals surface area contributed by atoms with E-state index in [0.717, 1.165) is 0 Å². The predicted octanol–water partition coefficient (Wildman–Crippen LogP) is 5.69. The van der Waals surface area contributed by atoms with Gasteiger partial charge >= 0.3 is 11.9 Å². The Balaban J connectivity index is 1.20. The Morgan fingerprint density at radius 1 is 0.571 bits per heavy atom. The minimum Gasteiger partial charge on any atom is -0.490 e. The molecule has 0 heterocycles. The monoisotopic (exact) mass is 664 g/mol. The fourth-order valence-corrected chi connectivity index (χ4v) is 4.26. The fraction of sp³-hybridized carbons (Fsp3) is 0.189. The lowest BCUT2D eigenvalue weighted by atomic mass is 10.2. The van der Waals surface area contributed by atoms with E-state index in [1.165, 1.54) is 12.4 Å².